The Kier molecular flexibility index (Phi) is 2.84. The molecule has 98 valence electrons. The lowest BCUT2D eigenvalue weighted by Gasteiger charge is -2.06. The van der Waals surface area contributed by atoms with E-state index in [0.717, 1.165) is 21.9 Å². The molecule has 0 saturated carbocycles. The molecule has 0 aliphatic rings. The molecule has 0 fully saturated rings. The highest BCUT2D eigenvalue weighted by Gasteiger charge is 2.11. The minimum absolute atomic E-state index is 0.0238. The Balaban J connectivity index is 2.15. The van der Waals surface area contributed by atoms with Gasteiger partial charge in [-0.15, -0.1) is 0 Å². The lowest BCUT2D eigenvalue weighted by Crippen LogP contribution is -2.04. The highest BCUT2D eigenvalue weighted by Crippen LogP contribution is 2.25. The number of benzene rings is 2. The quantitative estimate of drug-likeness (QED) is 0.745. The summed E-state index contributed by atoms with van der Waals surface area (Å²) >= 11 is 0. The van der Waals surface area contributed by atoms with Crippen LogP contribution in [-0.4, -0.2) is 16.1 Å². The Labute approximate surface area is 115 Å². The Morgan fingerprint density at radius 1 is 1.00 bits per heavy atom. The number of aromatic carboxylic acids is 1. The molecule has 1 aromatic heterocycles. The lowest BCUT2D eigenvalue weighted by atomic mass is 10.0. The van der Waals surface area contributed by atoms with Crippen molar-refractivity contribution in [3.8, 4) is 11.1 Å². The van der Waals surface area contributed by atoms with Crippen LogP contribution in [0.15, 0.2) is 54.7 Å². The normalized spacial score (nSPS) is 10.6. The smallest absolute Gasteiger partial charge is 0.339 e. The van der Waals surface area contributed by atoms with Crippen molar-refractivity contribution in [1.82, 2.24) is 4.98 Å². The molecular weight excluding hydrogens is 252 g/mol. The molecule has 4 nitrogen and oxygen atoms in total. The number of anilines is 1. The van der Waals surface area contributed by atoms with Gasteiger partial charge in [0.15, 0.2) is 0 Å². The second-order valence-corrected chi connectivity index (χ2v) is 4.52. The first-order valence-corrected chi connectivity index (χ1v) is 6.13. The minimum Gasteiger partial charge on any atom is -0.478 e. The molecule has 0 aliphatic heterocycles. The van der Waals surface area contributed by atoms with Crippen molar-refractivity contribution in [3.05, 3.63) is 60.3 Å². The van der Waals surface area contributed by atoms with Crippen molar-refractivity contribution >= 4 is 22.6 Å². The number of nitrogen functional groups attached to an aromatic ring is 1. The highest BCUT2D eigenvalue weighted by molar-refractivity contribution is 5.94. The van der Waals surface area contributed by atoms with E-state index in [2.05, 4.69) is 4.98 Å². The fourth-order valence-corrected chi connectivity index (χ4v) is 2.17. The summed E-state index contributed by atoms with van der Waals surface area (Å²) in [4.78, 5) is 15.1. The third-order valence-electron chi connectivity index (χ3n) is 3.23. The van der Waals surface area contributed by atoms with E-state index in [4.69, 9.17) is 10.8 Å². The molecule has 3 rings (SSSR count). The van der Waals surface area contributed by atoms with Gasteiger partial charge in [-0.05, 0) is 28.5 Å². The maximum absolute atomic E-state index is 11.1. The van der Waals surface area contributed by atoms with Crippen LogP contribution < -0.4 is 5.73 Å². The van der Waals surface area contributed by atoms with E-state index in [9.17, 15) is 4.79 Å². The first-order chi connectivity index (χ1) is 9.65. The summed E-state index contributed by atoms with van der Waals surface area (Å²) in [7, 11) is 0. The number of rotatable bonds is 2. The van der Waals surface area contributed by atoms with Gasteiger partial charge >= 0.3 is 5.97 Å². The SMILES string of the molecule is Nc1ncc(-c2ccc3ccccc3c2)cc1C(=O)O. The van der Waals surface area contributed by atoms with Crippen LogP contribution in [0.4, 0.5) is 5.82 Å². The Hall–Kier alpha value is -2.88. The van der Waals surface area contributed by atoms with Crippen LogP contribution in [0.5, 0.6) is 0 Å². The average molecular weight is 264 g/mol. The predicted octanol–water partition coefficient (Wildman–Crippen LogP) is 3.18. The summed E-state index contributed by atoms with van der Waals surface area (Å²) in [6.45, 7) is 0. The van der Waals surface area contributed by atoms with Gasteiger partial charge in [0.25, 0.3) is 0 Å². The van der Waals surface area contributed by atoms with E-state index < -0.39 is 5.97 Å². The van der Waals surface area contributed by atoms with Crippen LogP contribution in [-0.2, 0) is 0 Å². The summed E-state index contributed by atoms with van der Waals surface area (Å²) in [6.07, 6.45) is 1.59. The number of aromatic nitrogens is 1. The maximum atomic E-state index is 11.1. The minimum atomic E-state index is -1.07. The Morgan fingerprint density at radius 3 is 2.50 bits per heavy atom. The van der Waals surface area contributed by atoms with Gasteiger partial charge in [0.05, 0.1) is 0 Å². The number of carbonyl (C=O) groups is 1. The zero-order valence-corrected chi connectivity index (χ0v) is 10.6. The number of nitrogens with zero attached hydrogens (tertiary/aromatic N) is 1. The number of nitrogens with two attached hydrogens (primary N) is 1. The molecule has 0 spiro atoms. The van der Waals surface area contributed by atoms with Crippen LogP contribution in [0.1, 0.15) is 10.4 Å². The first-order valence-electron chi connectivity index (χ1n) is 6.13. The summed E-state index contributed by atoms with van der Waals surface area (Å²) < 4.78 is 0. The molecule has 3 N–H and O–H groups in total. The molecule has 0 amide bonds. The number of carboxylic acids is 1. The number of fused-ring (bicyclic) bond motifs is 1. The van der Waals surface area contributed by atoms with E-state index in [1.54, 1.807) is 12.3 Å². The largest absolute Gasteiger partial charge is 0.478 e. The first kappa shape index (κ1) is 12.2. The zero-order chi connectivity index (χ0) is 14.1. The van der Waals surface area contributed by atoms with Gasteiger partial charge in [0.2, 0.25) is 0 Å². The van der Waals surface area contributed by atoms with E-state index in [1.807, 2.05) is 42.5 Å². The van der Waals surface area contributed by atoms with Gasteiger partial charge in [0.1, 0.15) is 11.4 Å². The Bertz CT molecular complexity index is 812. The summed E-state index contributed by atoms with van der Waals surface area (Å²) in [5.41, 5.74) is 7.24. The molecule has 4 heteroatoms. The standard InChI is InChI=1S/C16H12N2O2/c17-15-14(16(19)20)8-13(9-18-15)12-6-5-10-3-1-2-4-11(10)7-12/h1-9H,(H2,17,18)(H,19,20). The van der Waals surface area contributed by atoms with Crippen LogP contribution in [0.3, 0.4) is 0 Å². The monoisotopic (exact) mass is 264 g/mol. The third kappa shape index (κ3) is 2.07. The maximum Gasteiger partial charge on any atom is 0.339 e. The van der Waals surface area contributed by atoms with Crippen molar-refractivity contribution in [2.45, 2.75) is 0 Å². The molecule has 2 aromatic carbocycles. The molecule has 0 aliphatic carbocycles. The third-order valence-corrected chi connectivity index (χ3v) is 3.23. The molecule has 0 radical (unpaired) electrons. The van der Waals surface area contributed by atoms with Crippen molar-refractivity contribution in [3.63, 3.8) is 0 Å². The average Bonchev–Trinajstić information content (AvgIpc) is 2.47. The number of hydrogen-bond acceptors (Lipinski definition) is 3. The van der Waals surface area contributed by atoms with E-state index >= 15 is 0 Å². The molecule has 0 atom stereocenters. The van der Waals surface area contributed by atoms with Crippen molar-refractivity contribution in [2.75, 3.05) is 5.73 Å². The second-order valence-electron chi connectivity index (χ2n) is 4.52. The van der Waals surface area contributed by atoms with Crippen LogP contribution in [0.25, 0.3) is 21.9 Å². The molecule has 3 aromatic rings. The number of pyridine rings is 1. The molecule has 0 unspecified atom stereocenters. The van der Waals surface area contributed by atoms with Gasteiger partial charge in [0, 0.05) is 11.8 Å². The van der Waals surface area contributed by atoms with Gasteiger partial charge in [-0.2, -0.15) is 0 Å². The molecule has 20 heavy (non-hydrogen) atoms. The predicted molar refractivity (Wildman–Crippen MR) is 78.6 cm³/mol. The van der Waals surface area contributed by atoms with Crippen molar-refractivity contribution < 1.29 is 9.90 Å². The molecule has 0 saturated heterocycles. The molecule has 1 heterocycles. The fraction of sp³-hybridized carbons (Fsp3) is 0. The van der Waals surface area contributed by atoms with Crippen molar-refractivity contribution in [2.24, 2.45) is 0 Å². The summed E-state index contributed by atoms with van der Waals surface area (Å²) in [6, 6.07) is 15.5. The van der Waals surface area contributed by atoms with Gasteiger partial charge in [-0.3, -0.25) is 0 Å². The van der Waals surface area contributed by atoms with Gasteiger partial charge in [-0.25, -0.2) is 9.78 Å². The van der Waals surface area contributed by atoms with Gasteiger partial charge in [-0.1, -0.05) is 36.4 Å². The Morgan fingerprint density at radius 2 is 1.75 bits per heavy atom. The summed E-state index contributed by atoms with van der Waals surface area (Å²) in [5.74, 6) is -1.04. The molecular formula is C16H12N2O2. The van der Waals surface area contributed by atoms with Crippen LogP contribution in [0, 0.1) is 0 Å². The van der Waals surface area contributed by atoms with E-state index in [1.165, 1.54) is 0 Å². The van der Waals surface area contributed by atoms with E-state index in [0.29, 0.717) is 0 Å². The lowest BCUT2D eigenvalue weighted by molar-refractivity contribution is 0.0697. The number of hydrogen-bond donors (Lipinski definition) is 2. The number of carboxylic acid groups (broad SMARTS) is 1. The summed E-state index contributed by atoms with van der Waals surface area (Å²) in [5, 5.41) is 11.3. The van der Waals surface area contributed by atoms with Crippen LogP contribution >= 0.6 is 0 Å². The zero-order valence-electron chi connectivity index (χ0n) is 10.6. The van der Waals surface area contributed by atoms with Crippen molar-refractivity contribution in [1.29, 1.82) is 0 Å². The highest BCUT2D eigenvalue weighted by atomic mass is 16.4. The second kappa shape index (κ2) is 4.66. The fourth-order valence-electron chi connectivity index (χ4n) is 2.17. The topological polar surface area (TPSA) is 76.2 Å². The van der Waals surface area contributed by atoms with Gasteiger partial charge < -0.3 is 10.8 Å². The van der Waals surface area contributed by atoms with Crippen LogP contribution in [0.2, 0.25) is 0 Å². The van der Waals surface area contributed by atoms with E-state index in [-0.39, 0.29) is 11.4 Å². The molecule has 0 bridgehead atoms.